The average Bonchev–Trinajstić information content (AvgIpc) is 2.53. The fourth-order valence-corrected chi connectivity index (χ4v) is 3.61. The summed E-state index contributed by atoms with van der Waals surface area (Å²) < 4.78 is 32.6. The molecular weight excluding hydrogens is 302 g/mol. The normalized spacial score (nSPS) is 35.0. The van der Waals surface area contributed by atoms with Crippen molar-refractivity contribution in [1.29, 1.82) is 0 Å². The molecule has 0 bridgehead atoms. The molecule has 2 aliphatic rings. The van der Waals surface area contributed by atoms with E-state index in [2.05, 4.69) is 0 Å². The summed E-state index contributed by atoms with van der Waals surface area (Å²) in [4.78, 5) is 1.91. The molecule has 23 heavy (non-hydrogen) atoms. The topological polar surface area (TPSA) is 58.7 Å². The molecule has 6 heteroatoms. The molecule has 4 nitrogen and oxygen atoms in total. The molecule has 4 atom stereocenters. The van der Waals surface area contributed by atoms with Crippen LogP contribution in [0.1, 0.15) is 25.7 Å². The summed E-state index contributed by atoms with van der Waals surface area (Å²) in [5.74, 6) is -1.89. The number of benzene rings is 1. The van der Waals surface area contributed by atoms with Crippen LogP contribution in [0.4, 0.5) is 8.78 Å². The van der Waals surface area contributed by atoms with Gasteiger partial charge in [0.05, 0.1) is 6.04 Å². The third-order valence-corrected chi connectivity index (χ3v) is 4.94. The molecule has 0 aromatic heterocycles. The summed E-state index contributed by atoms with van der Waals surface area (Å²) >= 11 is 0. The van der Waals surface area contributed by atoms with Crippen LogP contribution in [0.5, 0.6) is 5.75 Å². The van der Waals surface area contributed by atoms with Crippen LogP contribution < -0.4 is 10.5 Å². The van der Waals surface area contributed by atoms with E-state index in [-0.39, 0.29) is 44.1 Å². The van der Waals surface area contributed by atoms with Gasteiger partial charge in [-0.3, -0.25) is 4.90 Å². The van der Waals surface area contributed by atoms with Crippen LogP contribution in [0.3, 0.4) is 0 Å². The van der Waals surface area contributed by atoms with Crippen LogP contribution in [-0.2, 0) is 0 Å². The first-order valence-corrected chi connectivity index (χ1v) is 8.23. The number of piperidine rings is 1. The highest BCUT2D eigenvalue weighted by Crippen LogP contribution is 2.33. The van der Waals surface area contributed by atoms with Gasteiger partial charge in [0.1, 0.15) is 18.0 Å². The Morgan fingerprint density at radius 1 is 1.13 bits per heavy atom. The standard InChI is InChI=1S/C17H24F2N2O2/c18-17(19)8-10-21(11-9-17)15-13(20)6-7-14(16(15)22)23-12-4-2-1-3-5-12/h1-5,13-16,22H,6-11,20H2/t13-,14-,15+,16+/m1/s1. The molecule has 1 aromatic carbocycles. The summed E-state index contributed by atoms with van der Waals surface area (Å²) in [6.45, 7) is 0.529. The highest BCUT2D eigenvalue weighted by Gasteiger charge is 2.44. The molecule has 2 fully saturated rings. The van der Waals surface area contributed by atoms with Crippen LogP contribution in [0.2, 0.25) is 0 Å². The quantitative estimate of drug-likeness (QED) is 0.892. The second-order valence-corrected chi connectivity index (χ2v) is 6.58. The van der Waals surface area contributed by atoms with E-state index in [1.54, 1.807) is 0 Å². The Hall–Kier alpha value is -1.24. The number of rotatable bonds is 3. The lowest BCUT2D eigenvalue weighted by Crippen LogP contribution is -2.63. The van der Waals surface area contributed by atoms with Gasteiger partial charge >= 0.3 is 0 Å². The van der Waals surface area contributed by atoms with Crippen LogP contribution in [0.15, 0.2) is 30.3 Å². The Morgan fingerprint density at radius 3 is 2.43 bits per heavy atom. The van der Waals surface area contributed by atoms with Crippen molar-refractivity contribution < 1.29 is 18.6 Å². The molecular formula is C17H24F2N2O2. The third-order valence-electron chi connectivity index (χ3n) is 4.94. The van der Waals surface area contributed by atoms with Crippen molar-refractivity contribution in [3.05, 3.63) is 30.3 Å². The summed E-state index contributed by atoms with van der Waals surface area (Å²) in [5, 5.41) is 10.7. The number of nitrogens with two attached hydrogens (primary N) is 1. The van der Waals surface area contributed by atoms with E-state index >= 15 is 0 Å². The molecule has 0 amide bonds. The van der Waals surface area contributed by atoms with Crippen LogP contribution >= 0.6 is 0 Å². The minimum absolute atomic E-state index is 0.173. The zero-order valence-electron chi connectivity index (χ0n) is 13.1. The van der Waals surface area contributed by atoms with Gasteiger partial charge in [-0.2, -0.15) is 0 Å². The van der Waals surface area contributed by atoms with E-state index in [0.717, 1.165) is 0 Å². The van der Waals surface area contributed by atoms with Gasteiger partial charge in [-0.1, -0.05) is 18.2 Å². The third kappa shape index (κ3) is 3.82. The van der Waals surface area contributed by atoms with Crippen molar-refractivity contribution in [1.82, 2.24) is 4.90 Å². The van der Waals surface area contributed by atoms with Gasteiger partial charge in [0, 0.05) is 32.0 Å². The number of alkyl halides is 2. The van der Waals surface area contributed by atoms with Gasteiger partial charge in [-0.25, -0.2) is 8.78 Å². The maximum atomic E-state index is 13.4. The highest BCUT2D eigenvalue weighted by molar-refractivity contribution is 5.21. The zero-order valence-corrected chi connectivity index (χ0v) is 13.1. The first-order chi connectivity index (χ1) is 11.0. The van der Waals surface area contributed by atoms with Crippen molar-refractivity contribution in [3.8, 4) is 5.75 Å². The van der Waals surface area contributed by atoms with E-state index < -0.39 is 12.0 Å². The van der Waals surface area contributed by atoms with E-state index in [1.807, 2.05) is 35.2 Å². The molecule has 1 saturated heterocycles. The van der Waals surface area contributed by atoms with Crippen LogP contribution in [0, 0.1) is 0 Å². The molecule has 3 rings (SSSR count). The van der Waals surface area contributed by atoms with Crippen molar-refractivity contribution >= 4 is 0 Å². The molecule has 1 aliphatic heterocycles. The van der Waals surface area contributed by atoms with Crippen molar-refractivity contribution in [2.24, 2.45) is 5.73 Å². The number of nitrogens with zero attached hydrogens (tertiary/aromatic N) is 1. The average molecular weight is 326 g/mol. The Labute approximate surface area is 135 Å². The Bertz CT molecular complexity index is 505. The molecule has 0 unspecified atom stereocenters. The molecule has 1 heterocycles. The molecule has 0 radical (unpaired) electrons. The van der Waals surface area contributed by atoms with Crippen LogP contribution in [-0.4, -0.2) is 53.3 Å². The Balaban J connectivity index is 1.67. The molecule has 1 aliphatic carbocycles. The molecule has 1 saturated carbocycles. The lowest BCUT2D eigenvalue weighted by Gasteiger charge is -2.46. The largest absolute Gasteiger partial charge is 0.488 e. The first-order valence-electron chi connectivity index (χ1n) is 8.23. The van der Waals surface area contributed by atoms with E-state index in [9.17, 15) is 13.9 Å². The predicted molar refractivity (Wildman–Crippen MR) is 83.6 cm³/mol. The Kier molecular flexibility index (Phi) is 4.85. The van der Waals surface area contributed by atoms with Crippen molar-refractivity contribution in [2.75, 3.05) is 13.1 Å². The van der Waals surface area contributed by atoms with Gasteiger partial charge in [-0.15, -0.1) is 0 Å². The second kappa shape index (κ2) is 6.71. The van der Waals surface area contributed by atoms with Gasteiger partial charge in [0.25, 0.3) is 5.92 Å². The van der Waals surface area contributed by atoms with E-state index in [1.165, 1.54) is 0 Å². The van der Waals surface area contributed by atoms with Crippen molar-refractivity contribution in [2.45, 2.75) is 55.9 Å². The highest BCUT2D eigenvalue weighted by atomic mass is 19.3. The number of hydrogen-bond donors (Lipinski definition) is 2. The minimum atomic E-state index is -2.60. The molecule has 0 spiro atoms. The Morgan fingerprint density at radius 2 is 1.78 bits per heavy atom. The second-order valence-electron chi connectivity index (χ2n) is 6.58. The smallest absolute Gasteiger partial charge is 0.250 e. The summed E-state index contributed by atoms with van der Waals surface area (Å²) in [6, 6.07) is 8.80. The van der Waals surface area contributed by atoms with Gasteiger partial charge < -0.3 is 15.6 Å². The van der Waals surface area contributed by atoms with E-state index in [4.69, 9.17) is 10.5 Å². The zero-order chi connectivity index (χ0) is 16.4. The fraction of sp³-hybridized carbons (Fsp3) is 0.647. The molecule has 1 aromatic rings. The number of hydrogen-bond acceptors (Lipinski definition) is 4. The number of ether oxygens (including phenoxy) is 1. The predicted octanol–water partition coefficient (Wildman–Crippen LogP) is 2.02. The number of aliphatic hydroxyl groups excluding tert-OH is 1. The number of para-hydroxylation sites is 1. The maximum absolute atomic E-state index is 13.4. The maximum Gasteiger partial charge on any atom is 0.250 e. The lowest BCUT2D eigenvalue weighted by atomic mass is 9.84. The van der Waals surface area contributed by atoms with Crippen molar-refractivity contribution in [3.63, 3.8) is 0 Å². The minimum Gasteiger partial charge on any atom is -0.488 e. The molecule has 3 N–H and O–H groups in total. The monoisotopic (exact) mass is 326 g/mol. The first kappa shape index (κ1) is 16.6. The number of halogens is 2. The van der Waals surface area contributed by atoms with Gasteiger partial charge in [-0.05, 0) is 25.0 Å². The summed E-state index contributed by atoms with van der Waals surface area (Å²) in [7, 11) is 0. The van der Waals surface area contributed by atoms with Gasteiger partial charge in [0.2, 0.25) is 0 Å². The fourth-order valence-electron chi connectivity index (χ4n) is 3.61. The summed E-state index contributed by atoms with van der Waals surface area (Å²) in [5.41, 5.74) is 6.18. The van der Waals surface area contributed by atoms with Crippen LogP contribution in [0.25, 0.3) is 0 Å². The van der Waals surface area contributed by atoms with Gasteiger partial charge in [0.15, 0.2) is 0 Å². The summed E-state index contributed by atoms with van der Waals surface area (Å²) in [6.07, 6.45) is -0.0974. The lowest BCUT2D eigenvalue weighted by molar-refractivity contribution is -0.104. The van der Waals surface area contributed by atoms with E-state index in [0.29, 0.717) is 18.6 Å². The molecule has 128 valence electrons. The number of aliphatic hydroxyl groups is 1. The SMILES string of the molecule is N[C@@H]1CC[C@@H](Oc2ccccc2)[C@H](O)[C@H]1N1CCC(F)(F)CC1. The number of likely N-dealkylation sites (tertiary alicyclic amines) is 1.